The summed E-state index contributed by atoms with van der Waals surface area (Å²) in [5.74, 6) is 1.42. The molecule has 1 aliphatic carbocycles. The lowest BCUT2D eigenvalue weighted by molar-refractivity contribution is 0.661. The summed E-state index contributed by atoms with van der Waals surface area (Å²) in [6.45, 7) is 2.23. The number of imidazole rings is 1. The second-order valence-corrected chi connectivity index (χ2v) is 5.36. The van der Waals surface area contributed by atoms with Gasteiger partial charge in [-0.25, -0.2) is 4.98 Å². The largest absolute Gasteiger partial charge is 0.369 e. The first kappa shape index (κ1) is 10.1. The summed E-state index contributed by atoms with van der Waals surface area (Å²) in [7, 11) is 0. The first-order valence-electron chi connectivity index (χ1n) is 5.63. The van der Waals surface area contributed by atoms with Crippen molar-refractivity contribution >= 4 is 32.9 Å². The number of nitrogen functional groups attached to an aromatic ring is 1. The lowest BCUT2D eigenvalue weighted by Crippen LogP contribution is -2.02. The molecule has 1 heterocycles. The Hall–Kier alpha value is -1.03. The standard InChI is InChI=1S/C12H14BrN3/c1-2-7-5-10(7)16-11-6-8(13)3-4-9(11)15-12(16)14/h3-4,6-7,10H,2,5H2,1H3,(H2,14,15). The fourth-order valence-electron chi connectivity index (χ4n) is 2.42. The summed E-state index contributed by atoms with van der Waals surface area (Å²) < 4.78 is 3.27. The van der Waals surface area contributed by atoms with Gasteiger partial charge in [0.2, 0.25) is 5.95 Å². The molecule has 1 aliphatic rings. The van der Waals surface area contributed by atoms with Crippen molar-refractivity contribution in [1.29, 1.82) is 0 Å². The second kappa shape index (κ2) is 3.48. The smallest absolute Gasteiger partial charge is 0.201 e. The highest BCUT2D eigenvalue weighted by Crippen LogP contribution is 2.48. The van der Waals surface area contributed by atoms with Crippen LogP contribution in [0.1, 0.15) is 25.8 Å². The van der Waals surface area contributed by atoms with Gasteiger partial charge in [-0.2, -0.15) is 0 Å². The van der Waals surface area contributed by atoms with Gasteiger partial charge < -0.3 is 10.3 Å². The molecule has 3 rings (SSSR count). The molecule has 2 unspecified atom stereocenters. The molecular weight excluding hydrogens is 266 g/mol. The average Bonchev–Trinajstić information content (AvgIpc) is 2.95. The number of benzene rings is 1. The molecule has 4 heteroatoms. The van der Waals surface area contributed by atoms with Crippen LogP contribution in [0.25, 0.3) is 11.0 Å². The first-order valence-corrected chi connectivity index (χ1v) is 6.43. The van der Waals surface area contributed by atoms with Gasteiger partial charge >= 0.3 is 0 Å². The summed E-state index contributed by atoms with van der Waals surface area (Å²) in [5, 5.41) is 0. The Kier molecular flexibility index (Phi) is 2.21. The van der Waals surface area contributed by atoms with E-state index >= 15 is 0 Å². The van der Waals surface area contributed by atoms with Crippen LogP contribution in [0.3, 0.4) is 0 Å². The van der Waals surface area contributed by atoms with Gasteiger partial charge in [0.05, 0.1) is 11.0 Å². The number of nitrogens with zero attached hydrogens (tertiary/aromatic N) is 2. The van der Waals surface area contributed by atoms with E-state index in [1.807, 2.05) is 12.1 Å². The minimum Gasteiger partial charge on any atom is -0.369 e. The predicted molar refractivity (Wildman–Crippen MR) is 69.3 cm³/mol. The Morgan fingerprint density at radius 2 is 2.38 bits per heavy atom. The molecule has 0 amide bonds. The van der Waals surface area contributed by atoms with E-state index in [0.717, 1.165) is 21.4 Å². The van der Waals surface area contributed by atoms with E-state index in [9.17, 15) is 0 Å². The van der Waals surface area contributed by atoms with Crippen LogP contribution in [0.4, 0.5) is 5.95 Å². The maximum absolute atomic E-state index is 6.00. The molecule has 1 aromatic carbocycles. The van der Waals surface area contributed by atoms with Gasteiger partial charge in [0.1, 0.15) is 0 Å². The van der Waals surface area contributed by atoms with Gasteiger partial charge in [-0.3, -0.25) is 0 Å². The number of aromatic nitrogens is 2. The lowest BCUT2D eigenvalue weighted by Gasteiger charge is -2.05. The van der Waals surface area contributed by atoms with Crippen LogP contribution in [0, 0.1) is 5.92 Å². The predicted octanol–water partition coefficient (Wildman–Crippen LogP) is 3.35. The molecule has 2 atom stereocenters. The number of halogens is 1. The molecule has 0 saturated heterocycles. The fourth-order valence-corrected chi connectivity index (χ4v) is 2.77. The van der Waals surface area contributed by atoms with Crippen molar-refractivity contribution in [2.24, 2.45) is 5.92 Å². The van der Waals surface area contributed by atoms with Gasteiger partial charge in [-0.1, -0.05) is 29.3 Å². The SMILES string of the molecule is CCC1CC1n1c(N)nc2ccc(Br)cc21. The van der Waals surface area contributed by atoms with Crippen LogP contribution < -0.4 is 5.73 Å². The summed E-state index contributed by atoms with van der Waals surface area (Å²) in [6, 6.07) is 6.67. The highest BCUT2D eigenvalue weighted by Gasteiger charge is 2.38. The molecule has 0 radical (unpaired) electrons. The Labute approximate surface area is 103 Å². The van der Waals surface area contributed by atoms with E-state index in [1.54, 1.807) is 0 Å². The fraction of sp³-hybridized carbons (Fsp3) is 0.417. The number of nitrogens with two attached hydrogens (primary N) is 1. The van der Waals surface area contributed by atoms with Gasteiger partial charge in [0, 0.05) is 10.5 Å². The van der Waals surface area contributed by atoms with E-state index in [4.69, 9.17) is 5.73 Å². The molecule has 0 spiro atoms. The number of fused-ring (bicyclic) bond motifs is 1. The van der Waals surface area contributed by atoms with Crippen molar-refractivity contribution in [1.82, 2.24) is 9.55 Å². The molecule has 2 aromatic rings. The number of hydrogen-bond donors (Lipinski definition) is 1. The Bertz CT molecular complexity index is 546. The van der Waals surface area contributed by atoms with Crippen molar-refractivity contribution in [3.8, 4) is 0 Å². The minimum atomic E-state index is 0.560. The molecule has 1 aromatic heterocycles. The first-order chi connectivity index (χ1) is 7.70. The topological polar surface area (TPSA) is 43.8 Å². The van der Waals surface area contributed by atoms with Crippen molar-refractivity contribution in [2.75, 3.05) is 5.73 Å². The normalized spacial score (nSPS) is 23.9. The van der Waals surface area contributed by atoms with E-state index in [0.29, 0.717) is 12.0 Å². The van der Waals surface area contributed by atoms with Crippen molar-refractivity contribution in [3.05, 3.63) is 22.7 Å². The lowest BCUT2D eigenvalue weighted by atomic mass is 10.3. The second-order valence-electron chi connectivity index (χ2n) is 4.44. The molecule has 1 fully saturated rings. The quantitative estimate of drug-likeness (QED) is 0.916. The van der Waals surface area contributed by atoms with Crippen LogP contribution in [-0.4, -0.2) is 9.55 Å². The van der Waals surface area contributed by atoms with E-state index in [2.05, 4.69) is 38.5 Å². The van der Waals surface area contributed by atoms with Crippen LogP contribution >= 0.6 is 15.9 Å². The van der Waals surface area contributed by atoms with Crippen molar-refractivity contribution < 1.29 is 0 Å². The molecule has 0 aliphatic heterocycles. The molecule has 1 saturated carbocycles. The molecule has 2 N–H and O–H groups in total. The average molecular weight is 280 g/mol. The Morgan fingerprint density at radius 1 is 1.56 bits per heavy atom. The van der Waals surface area contributed by atoms with Crippen LogP contribution in [0.15, 0.2) is 22.7 Å². The van der Waals surface area contributed by atoms with Gasteiger partial charge in [-0.15, -0.1) is 0 Å². The van der Waals surface area contributed by atoms with Crippen LogP contribution in [0.5, 0.6) is 0 Å². The van der Waals surface area contributed by atoms with Gasteiger partial charge in [-0.05, 0) is 30.5 Å². The number of hydrogen-bond acceptors (Lipinski definition) is 2. The Balaban J connectivity index is 2.15. The van der Waals surface area contributed by atoms with Gasteiger partial charge in [0.25, 0.3) is 0 Å². The maximum atomic E-state index is 6.00. The van der Waals surface area contributed by atoms with Gasteiger partial charge in [0.15, 0.2) is 0 Å². The zero-order valence-electron chi connectivity index (χ0n) is 9.15. The Morgan fingerprint density at radius 3 is 3.06 bits per heavy atom. The van der Waals surface area contributed by atoms with E-state index in [-0.39, 0.29) is 0 Å². The van der Waals surface area contributed by atoms with Crippen LogP contribution in [0.2, 0.25) is 0 Å². The highest BCUT2D eigenvalue weighted by molar-refractivity contribution is 9.10. The molecule has 3 nitrogen and oxygen atoms in total. The minimum absolute atomic E-state index is 0.560. The highest BCUT2D eigenvalue weighted by atomic mass is 79.9. The molecule has 0 bridgehead atoms. The summed E-state index contributed by atoms with van der Waals surface area (Å²) >= 11 is 3.50. The molecule has 16 heavy (non-hydrogen) atoms. The molecular formula is C12H14BrN3. The third-order valence-corrected chi connectivity index (χ3v) is 3.91. The van der Waals surface area contributed by atoms with E-state index < -0.39 is 0 Å². The third-order valence-electron chi connectivity index (χ3n) is 3.42. The summed E-state index contributed by atoms with van der Waals surface area (Å²) in [5.41, 5.74) is 8.13. The van der Waals surface area contributed by atoms with E-state index in [1.165, 1.54) is 12.8 Å². The zero-order chi connectivity index (χ0) is 11.3. The summed E-state index contributed by atoms with van der Waals surface area (Å²) in [6.07, 6.45) is 2.45. The summed E-state index contributed by atoms with van der Waals surface area (Å²) in [4.78, 5) is 4.40. The van der Waals surface area contributed by atoms with Crippen molar-refractivity contribution in [3.63, 3.8) is 0 Å². The number of anilines is 1. The molecule has 84 valence electrons. The maximum Gasteiger partial charge on any atom is 0.201 e. The van der Waals surface area contributed by atoms with Crippen molar-refractivity contribution in [2.45, 2.75) is 25.8 Å². The monoisotopic (exact) mass is 279 g/mol. The third kappa shape index (κ3) is 1.44. The zero-order valence-corrected chi connectivity index (χ0v) is 10.7. The number of rotatable bonds is 2. The van der Waals surface area contributed by atoms with Crippen LogP contribution in [-0.2, 0) is 0 Å².